The van der Waals surface area contributed by atoms with Crippen LogP contribution in [-0.2, 0) is 0 Å². The zero-order valence-electron chi connectivity index (χ0n) is 10.0. The first-order chi connectivity index (χ1) is 8.29. The lowest BCUT2D eigenvalue weighted by Gasteiger charge is -2.16. The summed E-state index contributed by atoms with van der Waals surface area (Å²) in [4.78, 5) is 0. The van der Waals surface area contributed by atoms with Crippen molar-refractivity contribution in [1.29, 1.82) is 0 Å². The molecule has 0 aliphatic carbocycles. The fourth-order valence-corrected chi connectivity index (χ4v) is 1.84. The van der Waals surface area contributed by atoms with Crippen LogP contribution in [0.15, 0.2) is 59.7 Å². The van der Waals surface area contributed by atoms with E-state index in [2.05, 4.69) is 37.0 Å². The number of anilines is 1. The molecule has 0 spiro atoms. The van der Waals surface area contributed by atoms with Gasteiger partial charge >= 0.3 is 0 Å². The van der Waals surface area contributed by atoms with Gasteiger partial charge in [-0.3, -0.25) is 0 Å². The van der Waals surface area contributed by atoms with Crippen molar-refractivity contribution in [2.45, 2.75) is 19.4 Å². The number of hydrogen-bond donors (Lipinski definition) is 1. The predicted octanol–water partition coefficient (Wildman–Crippen LogP) is 4.32. The molecule has 2 aromatic rings. The van der Waals surface area contributed by atoms with Crippen molar-refractivity contribution in [2.24, 2.45) is 0 Å². The van der Waals surface area contributed by atoms with E-state index in [1.165, 1.54) is 5.56 Å². The third-order valence-corrected chi connectivity index (χ3v) is 2.65. The number of rotatable bonds is 5. The summed E-state index contributed by atoms with van der Waals surface area (Å²) in [6, 6.07) is 12.3. The highest BCUT2D eigenvalue weighted by Gasteiger charge is 2.12. The lowest BCUT2D eigenvalue weighted by molar-refractivity contribution is 0.480. The lowest BCUT2D eigenvalue weighted by atomic mass is 10.1. The number of benzene rings is 1. The van der Waals surface area contributed by atoms with Crippen LogP contribution in [0.4, 0.5) is 5.69 Å². The summed E-state index contributed by atoms with van der Waals surface area (Å²) in [6.07, 6.45) is 4.43. The molecule has 88 valence electrons. The number of furan rings is 1. The normalized spacial score (nSPS) is 12.1. The topological polar surface area (TPSA) is 25.2 Å². The maximum Gasteiger partial charge on any atom is 0.126 e. The van der Waals surface area contributed by atoms with Crippen molar-refractivity contribution >= 4 is 5.69 Å². The Bertz CT molecular complexity index is 473. The van der Waals surface area contributed by atoms with E-state index in [9.17, 15) is 0 Å². The molecule has 1 aromatic carbocycles. The molecule has 0 aliphatic rings. The Morgan fingerprint density at radius 1 is 1.35 bits per heavy atom. The lowest BCUT2D eigenvalue weighted by Crippen LogP contribution is -2.09. The van der Waals surface area contributed by atoms with Gasteiger partial charge in [-0.2, -0.15) is 0 Å². The maximum atomic E-state index is 5.44. The van der Waals surface area contributed by atoms with E-state index in [0.717, 1.165) is 17.9 Å². The molecule has 0 aliphatic heterocycles. The van der Waals surface area contributed by atoms with Gasteiger partial charge in [0.1, 0.15) is 5.76 Å². The van der Waals surface area contributed by atoms with E-state index in [1.807, 2.05) is 24.3 Å². The molecule has 1 heterocycles. The van der Waals surface area contributed by atoms with Gasteiger partial charge in [0.25, 0.3) is 0 Å². The highest BCUT2D eigenvalue weighted by Crippen LogP contribution is 2.23. The average molecular weight is 227 g/mol. The molecule has 0 unspecified atom stereocenters. The third kappa shape index (κ3) is 3.00. The quantitative estimate of drug-likeness (QED) is 0.770. The zero-order chi connectivity index (χ0) is 12.1. The molecule has 0 fully saturated rings. The Kier molecular flexibility index (Phi) is 3.66. The van der Waals surface area contributed by atoms with Gasteiger partial charge in [-0.05, 0) is 43.2 Å². The molecule has 0 saturated carbocycles. The van der Waals surface area contributed by atoms with Gasteiger partial charge in [0.2, 0.25) is 0 Å². The van der Waals surface area contributed by atoms with Crippen LogP contribution in [0.5, 0.6) is 0 Å². The molecule has 0 radical (unpaired) electrons. The monoisotopic (exact) mass is 227 g/mol. The molecular formula is C15H17NO. The Hall–Kier alpha value is -1.96. The van der Waals surface area contributed by atoms with Crippen LogP contribution >= 0.6 is 0 Å². The van der Waals surface area contributed by atoms with Crippen LogP contribution in [0.1, 0.15) is 23.8 Å². The summed E-state index contributed by atoms with van der Waals surface area (Å²) in [7, 11) is 0. The number of hydrogen-bond acceptors (Lipinski definition) is 2. The summed E-state index contributed by atoms with van der Waals surface area (Å²) in [5, 5.41) is 3.46. The molecule has 1 atom stereocenters. The smallest absolute Gasteiger partial charge is 0.126 e. The minimum atomic E-state index is 0.143. The SMILES string of the molecule is C=CC[C@@H](Nc1cccc(C)c1)c1ccco1. The third-order valence-electron chi connectivity index (χ3n) is 2.65. The molecular weight excluding hydrogens is 210 g/mol. The van der Waals surface area contributed by atoms with Crippen molar-refractivity contribution in [3.8, 4) is 0 Å². The van der Waals surface area contributed by atoms with Gasteiger partial charge < -0.3 is 9.73 Å². The molecule has 2 nitrogen and oxygen atoms in total. The Labute approximate surface area is 102 Å². The minimum absolute atomic E-state index is 0.143. The minimum Gasteiger partial charge on any atom is -0.467 e. The second-order valence-electron chi connectivity index (χ2n) is 4.11. The average Bonchev–Trinajstić information content (AvgIpc) is 2.82. The highest BCUT2D eigenvalue weighted by molar-refractivity contribution is 5.47. The zero-order valence-corrected chi connectivity index (χ0v) is 10.0. The second-order valence-corrected chi connectivity index (χ2v) is 4.11. The van der Waals surface area contributed by atoms with E-state index in [1.54, 1.807) is 6.26 Å². The van der Waals surface area contributed by atoms with Gasteiger partial charge in [0.05, 0.1) is 12.3 Å². The van der Waals surface area contributed by atoms with Gasteiger partial charge in [-0.1, -0.05) is 18.2 Å². The van der Waals surface area contributed by atoms with Crippen LogP contribution in [-0.4, -0.2) is 0 Å². The van der Waals surface area contributed by atoms with Crippen molar-refractivity contribution in [2.75, 3.05) is 5.32 Å². The molecule has 0 saturated heterocycles. The van der Waals surface area contributed by atoms with Crippen LogP contribution in [0.3, 0.4) is 0 Å². The standard InChI is InChI=1S/C15H17NO/c1-3-6-14(15-9-5-10-17-15)16-13-8-4-7-12(2)11-13/h3-5,7-11,14,16H,1,6H2,2H3/t14-/m1/s1. The summed E-state index contributed by atoms with van der Waals surface area (Å²) >= 11 is 0. The van der Waals surface area contributed by atoms with Gasteiger partial charge in [-0.25, -0.2) is 0 Å². The van der Waals surface area contributed by atoms with E-state index in [0.29, 0.717) is 0 Å². The first kappa shape index (κ1) is 11.5. The van der Waals surface area contributed by atoms with E-state index in [-0.39, 0.29) is 6.04 Å². The molecule has 0 bridgehead atoms. The van der Waals surface area contributed by atoms with Crippen LogP contribution in [0, 0.1) is 6.92 Å². The van der Waals surface area contributed by atoms with E-state index >= 15 is 0 Å². The summed E-state index contributed by atoms with van der Waals surface area (Å²) in [6.45, 7) is 5.87. The fourth-order valence-electron chi connectivity index (χ4n) is 1.84. The molecule has 1 N–H and O–H groups in total. The Morgan fingerprint density at radius 3 is 2.88 bits per heavy atom. The predicted molar refractivity (Wildman–Crippen MR) is 71.1 cm³/mol. The molecule has 1 aromatic heterocycles. The van der Waals surface area contributed by atoms with Gasteiger partial charge in [0, 0.05) is 5.69 Å². The summed E-state index contributed by atoms with van der Waals surface area (Å²) in [5.41, 5.74) is 2.35. The van der Waals surface area contributed by atoms with Crippen LogP contribution in [0.2, 0.25) is 0 Å². The fraction of sp³-hybridized carbons (Fsp3) is 0.200. The Balaban J connectivity index is 2.15. The highest BCUT2D eigenvalue weighted by atomic mass is 16.3. The molecule has 2 heteroatoms. The molecule has 2 rings (SSSR count). The summed E-state index contributed by atoms with van der Waals surface area (Å²) < 4.78 is 5.44. The first-order valence-electron chi connectivity index (χ1n) is 5.77. The van der Waals surface area contributed by atoms with Crippen molar-refractivity contribution in [3.63, 3.8) is 0 Å². The molecule has 17 heavy (non-hydrogen) atoms. The van der Waals surface area contributed by atoms with Crippen molar-refractivity contribution in [3.05, 3.63) is 66.6 Å². The number of nitrogens with one attached hydrogen (secondary N) is 1. The maximum absolute atomic E-state index is 5.44. The number of aryl methyl sites for hydroxylation is 1. The van der Waals surface area contributed by atoms with E-state index < -0.39 is 0 Å². The second kappa shape index (κ2) is 5.39. The largest absolute Gasteiger partial charge is 0.467 e. The Morgan fingerprint density at radius 2 is 2.24 bits per heavy atom. The van der Waals surface area contributed by atoms with Crippen LogP contribution < -0.4 is 5.32 Å². The van der Waals surface area contributed by atoms with Gasteiger partial charge in [0.15, 0.2) is 0 Å². The van der Waals surface area contributed by atoms with Crippen molar-refractivity contribution in [1.82, 2.24) is 0 Å². The van der Waals surface area contributed by atoms with E-state index in [4.69, 9.17) is 4.42 Å². The first-order valence-corrected chi connectivity index (χ1v) is 5.77. The summed E-state index contributed by atoms with van der Waals surface area (Å²) in [5.74, 6) is 0.936. The molecule has 0 amide bonds. The van der Waals surface area contributed by atoms with Crippen LogP contribution in [0.25, 0.3) is 0 Å². The van der Waals surface area contributed by atoms with Crippen molar-refractivity contribution < 1.29 is 4.42 Å². The van der Waals surface area contributed by atoms with Gasteiger partial charge in [-0.15, -0.1) is 6.58 Å².